The van der Waals surface area contributed by atoms with E-state index in [2.05, 4.69) is 34.6 Å². The Morgan fingerprint density at radius 1 is 0.250 bits per heavy atom. The third-order valence-corrected chi connectivity index (χ3v) is 7.46. The van der Waals surface area contributed by atoms with Gasteiger partial charge in [0.2, 0.25) is 0 Å². The minimum atomic E-state index is 0.895. The standard InChI is InChI=1S/C32H66/c1-30(2)26-22-18-14-10-7-6-8-12-16-20-24-28-32(5)29-25-21-17-13-9-11-15-19-23-27-31(3)4/h30-32H,6-29H2,1-5H3. The second kappa shape index (κ2) is 25.6. The molecule has 0 aromatic rings. The number of hydrogen-bond donors (Lipinski definition) is 0. The summed E-state index contributed by atoms with van der Waals surface area (Å²) in [6.07, 6.45) is 35.4. The zero-order valence-electron chi connectivity index (χ0n) is 23.7. The molecule has 1 atom stereocenters. The van der Waals surface area contributed by atoms with Crippen LogP contribution in [0.5, 0.6) is 0 Å². The summed E-state index contributed by atoms with van der Waals surface area (Å²) in [6.45, 7) is 11.9. The van der Waals surface area contributed by atoms with Gasteiger partial charge in [-0.1, -0.05) is 189 Å². The largest absolute Gasteiger partial charge is 0.0628 e. The van der Waals surface area contributed by atoms with Crippen molar-refractivity contribution < 1.29 is 0 Å². The molecule has 0 spiro atoms. The lowest BCUT2D eigenvalue weighted by Crippen LogP contribution is -1.95. The lowest BCUT2D eigenvalue weighted by Gasteiger charge is -2.11. The molecule has 32 heavy (non-hydrogen) atoms. The van der Waals surface area contributed by atoms with Crippen molar-refractivity contribution in [3.8, 4) is 0 Å². The maximum atomic E-state index is 2.50. The second-order valence-corrected chi connectivity index (χ2v) is 12.1. The molecule has 0 aromatic carbocycles. The molecule has 194 valence electrons. The highest BCUT2D eigenvalue weighted by Crippen LogP contribution is 2.19. The van der Waals surface area contributed by atoms with Crippen molar-refractivity contribution >= 4 is 0 Å². The molecule has 0 amide bonds. The minimum absolute atomic E-state index is 0.895. The molecule has 0 aromatic heterocycles. The van der Waals surface area contributed by atoms with Crippen LogP contribution >= 0.6 is 0 Å². The molecule has 0 aliphatic heterocycles. The Labute approximate surface area is 206 Å². The van der Waals surface area contributed by atoms with E-state index in [-0.39, 0.29) is 0 Å². The average Bonchev–Trinajstić information content (AvgIpc) is 2.74. The van der Waals surface area contributed by atoms with E-state index in [0.717, 1.165) is 17.8 Å². The van der Waals surface area contributed by atoms with Crippen LogP contribution in [0.4, 0.5) is 0 Å². The van der Waals surface area contributed by atoms with Crippen LogP contribution in [0.25, 0.3) is 0 Å². The van der Waals surface area contributed by atoms with Crippen molar-refractivity contribution in [2.75, 3.05) is 0 Å². The SMILES string of the molecule is CC(C)CCCCCCCCCCCCCC(C)CCCCCCCCCCCC(C)C. The van der Waals surface area contributed by atoms with E-state index in [4.69, 9.17) is 0 Å². The fourth-order valence-corrected chi connectivity index (χ4v) is 5.06. The first-order valence-corrected chi connectivity index (χ1v) is 15.5. The van der Waals surface area contributed by atoms with E-state index >= 15 is 0 Å². The summed E-state index contributed by atoms with van der Waals surface area (Å²) in [6, 6.07) is 0. The Hall–Kier alpha value is 0. The fourth-order valence-electron chi connectivity index (χ4n) is 5.06. The first kappa shape index (κ1) is 32.0. The lowest BCUT2D eigenvalue weighted by molar-refractivity contribution is 0.429. The van der Waals surface area contributed by atoms with E-state index < -0.39 is 0 Å². The van der Waals surface area contributed by atoms with Gasteiger partial charge in [0.05, 0.1) is 0 Å². The van der Waals surface area contributed by atoms with Gasteiger partial charge < -0.3 is 0 Å². The zero-order valence-corrected chi connectivity index (χ0v) is 23.7. The summed E-state index contributed by atoms with van der Waals surface area (Å²) in [5.41, 5.74) is 0. The summed E-state index contributed by atoms with van der Waals surface area (Å²) in [5.74, 6) is 2.75. The predicted molar refractivity (Wildman–Crippen MR) is 150 cm³/mol. The Bertz CT molecular complexity index is 329. The van der Waals surface area contributed by atoms with Crippen LogP contribution in [0, 0.1) is 17.8 Å². The molecule has 0 heterocycles. The molecule has 0 rings (SSSR count). The van der Waals surface area contributed by atoms with Crippen molar-refractivity contribution in [2.24, 2.45) is 17.8 Å². The monoisotopic (exact) mass is 451 g/mol. The molecule has 0 saturated heterocycles. The molecule has 0 aliphatic rings. The molecule has 0 fully saturated rings. The third-order valence-electron chi connectivity index (χ3n) is 7.46. The van der Waals surface area contributed by atoms with E-state index in [1.54, 1.807) is 0 Å². The molecular formula is C32H66. The van der Waals surface area contributed by atoms with Crippen molar-refractivity contribution in [1.29, 1.82) is 0 Å². The zero-order chi connectivity index (χ0) is 23.7. The van der Waals surface area contributed by atoms with E-state index in [0.29, 0.717) is 0 Å². The fraction of sp³-hybridized carbons (Fsp3) is 1.00. The minimum Gasteiger partial charge on any atom is -0.0628 e. The summed E-state index contributed by atoms with van der Waals surface area (Å²) in [4.78, 5) is 0. The van der Waals surface area contributed by atoms with Gasteiger partial charge >= 0.3 is 0 Å². The number of hydrogen-bond acceptors (Lipinski definition) is 0. The summed E-state index contributed by atoms with van der Waals surface area (Å²) < 4.78 is 0. The first-order valence-electron chi connectivity index (χ1n) is 15.5. The highest BCUT2D eigenvalue weighted by molar-refractivity contribution is 4.57. The Morgan fingerprint density at radius 3 is 0.656 bits per heavy atom. The van der Waals surface area contributed by atoms with Crippen LogP contribution in [0.1, 0.15) is 189 Å². The van der Waals surface area contributed by atoms with Gasteiger partial charge in [-0.2, -0.15) is 0 Å². The van der Waals surface area contributed by atoms with Crippen LogP contribution in [-0.2, 0) is 0 Å². The van der Waals surface area contributed by atoms with Gasteiger partial charge in [0.1, 0.15) is 0 Å². The third kappa shape index (κ3) is 28.0. The molecule has 0 nitrogen and oxygen atoms in total. The van der Waals surface area contributed by atoms with Crippen LogP contribution in [0.15, 0.2) is 0 Å². The molecular weight excluding hydrogens is 384 g/mol. The van der Waals surface area contributed by atoms with Crippen LogP contribution in [-0.4, -0.2) is 0 Å². The topological polar surface area (TPSA) is 0 Å². The Kier molecular flexibility index (Phi) is 25.6. The second-order valence-electron chi connectivity index (χ2n) is 12.1. The van der Waals surface area contributed by atoms with E-state index in [9.17, 15) is 0 Å². The maximum Gasteiger partial charge on any atom is -0.0443 e. The normalized spacial score (nSPS) is 12.8. The van der Waals surface area contributed by atoms with Gasteiger partial charge in [-0.15, -0.1) is 0 Å². The van der Waals surface area contributed by atoms with Crippen molar-refractivity contribution in [3.05, 3.63) is 0 Å². The van der Waals surface area contributed by atoms with E-state index in [1.807, 2.05) is 0 Å². The molecule has 0 saturated carbocycles. The van der Waals surface area contributed by atoms with Crippen LogP contribution < -0.4 is 0 Å². The van der Waals surface area contributed by atoms with Crippen molar-refractivity contribution in [3.63, 3.8) is 0 Å². The molecule has 0 heteroatoms. The smallest absolute Gasteiger partial charge is 0.0443 e. The predicted octanol–water partition coefficient (Wildman–Crippen LogP) is 12.3. The van der Waals surface area contributed by atoms with E-state index in [1.165, 1.54) is 154 Å². The first-order chi connectivity index (χ1) is 15.5. The molecule has 1 unspecified atom stereocenters. The van der Waals surface area contributed by atoms with Crippen molar-refractivity contribution in [2.45, 2.75) is 189 Å². The quantitative estimate of drug-likeness (QED) is 0.115. The highest BCUT2D eigenvalue weighted by Gasteiger charge is 2.02. The van der Waals surface area contributed by atoms with Crippen LogP contribution in [0.3, 0.4) is 0 Å². The van der Waals surface area contributed by atoms with Gasteiger partial charge in [0.25, 0.3) is 0 Å². The summed E-state index contributed by atoms with van der Waals surface area (Å²) in [5, 5.41) is 0. The van der Waals surface area contributed by atoms with Crippen molar-refractivity contribution in [1.82, 2.24) is 0 Å². The number of unbranched alkanes of at least 4 members (excludes halogenated alkanes) is 18. The van der Waals surface area contributed by atoms with Gasteiger partial charge in [0.15, 0.2) is 0 Å². The lowest BCUT2D eigenvalue weighted by atomic mass is 9.95. The molecule has 0 aliphatic carbocycles. The number of rotatable bonds is 26. The maximum absolute atomic E-state index is 2.50. The van der Waals surface area contributed by atoms with Gasteiger partial charge in [-0.3, -0.25) is 0 Å². The summed E-state index contributed by atoms with van der Waals surface area (Å²) >= 11 is 0. The van der Waals surface area contributed by atoms with Gasteiger partial charge in [-0.25, -0.2) is 0 Å². The van der Waals surface area contributed by atoms with Gasteiger partial charge in [-0.05, 0) is 17.8 Å². The highest BCUT2D eigenvalue weighted by atomic mass is 14.1. The molecule has 0 N–H and O–H groups in total. The Morgan fingerprint density at radius 2 is 0.438 bits per heavy atom. The molecule has 0 radical (unpaired) electrons. The Balaban J connectivity index is 3.16. The summed E-state index contributed by atoms with van der Waals surface area (Å²) in [7, 11) is 0. The average molecular weight is 451 g/mol. The van der Waals surface area contributed by atoms with Gasteiger partial charge in [0, 0.05) is 0 Å². The van der Waals surface area contributed by atoms with Crippen LogP contribution in [0.2, 0.25) is 0 Å². The molecule has 0 bridgehead atoms.